The molecule has 0 radical (unpaired) electrons. The fraction of sp³-hybridized carbons (Fsp3) is 0.300. The largest absolute Gasteiger partial charge is 0.324 e. The van der Waals surface area contributed by atoms with Gasteiger partial charge in [0.25, 0.3) is 0 Å². The summed E-state index contributed by atoms with van der Waals surface area (Å²) in [6.45, 7) is 0. The summed E-state index contributed by atoms with van der Waals surface area (Å²) < 4.78 is 0. The fourth-order valence-electron chi connectivity index (χ4n) is 1.46. The van der Waals surface area contributed by atoms with E-state index in [1.54, 1.807) is 19.2 Å². The predicted molar refractivity (Wildman–Crippen MR) is 65.9 cm³/mol. The first-order chi connectivity index (χ1) is 8.06. The SMILES string of the molecule is Cn1nnc(CC(N)c2ccc(Cl)c(Cl)c2)n1. The first-order valence-corrected chi connectivity index (χ1v) is 5.75. The molecule has 5 nitrogen and oxygen atoms in total. The van der Waals surface area contributed by atoms with Crippen LogP contribution in [0.4, 0.5) is 0 Å². The highest BCUT2D eigenvalue weighted by Crippen LogP contribution is 2.25. The lowest BCUT2D eigenvalue weighted by molar-refractivity contribution is 0.622. The van der Waals surface area contributed by atoms with Crippen LogP contribution in [0.1, 0.15) is 17.4 Å². The quantitative estimate of drug-likeness (QED) is 0.924. The molecular formula is C10H11Cl2N5. The van der Waals surface area contributed by atoms with Gasteiger partial charge in [-0.25, -0.2) is 0 Å². The molecule has 0 bridgehead atoms. The van der Waals surface area contributed by atoms with E-state index in [-0.39, 0.29) is 6.04 Å². The van der Waals surface area contributed by atoms with E-state index in [0.29, 0.717) is 22.3 Å². The summed E-state index contributed by atoms with van der Waals surface area (Å²) in [4.78, 5) is 1.40. The minimum Gasteiger partial charge on any atom is -0.324 e. The fourth-order valence-corrected chi connectivity index (χ4v) is 1.77. The van der Waals surface area contributed by atoms with Crippen molar-refractivity contribution in [3.63, 3.8) is 0 Å². The highest BCUT2D eigenvalue weighted by molar-refractivity contribution is 6.42. The minimum atomic E-state index is -0.228. The van der Waals surface area contributed by atoms with Crippen LogP contribution in [-0.4, -0.2) is 20.2 Å². The summed E-state index contributed by atoms with van der Waals surface area (Å²) >= 11 is 11.8. The van der Waals surface area contributed by atoms with E-state index in [9.17, 15) is 0 Å². The van der Waals surface area contributed by atoms with Gasteiger partial charge in [-0.2, -0.15) is 4.80 Å². The average Bonchev–Trinajstić information content (AvgIpc) is 2.68. The van der Waals surface area contributed by atoms with E-state index in [1.165, 1.54) is 4.80 Å². The van der Waals surface area contributed by atoms with Gasteiger partial charge in [0.1, 0.15) is 0 Å². The molecule has 1 aromatic heterocycles. The van der Waals surface area contributed by atoms with Gasteiger partial charge < -0.3 is 5.73 Å². The summed E-state index contributed by atoms with van der Waals surface area (Å²) in [5, 5.41) is 12.7. The molecule has 0 fully saturated rings. The summed E-state index contributed by atoms with van der Waals surface area (Å²) in [5.41, 5.74) is 6.93. The maximum absolute atomic E-state index is 6.04. The lowest BCUT2D eigenvalue weighted by atomic mass is 10.0. The second-order valence-electron chi connectivity index (χ2n) is 3.68. The molecule has 2 aromatic rings. The van der Waals surface area contributed by atoms with E-state index in [0.717, 1.165) is 5.56 Å². The monoisotopic (exact) mass is 271 g/mol. The van der Waals surface area contributed by atoms with Crippen LogP contribution < -0.4 is 5.73 Å². The van der Waals surface area contributed by atoms with Crippen LogP contribution in [0.3, 0.4) is 0 Å². The van der Waals surface area contributed by atoms with E-state index >= 15 is 0 Å². The van der Waals surface area contributed by atoms with Crippen molar-refractivity contribution in [3.05, 3.63) is 39.6 Å². The zero-order valence-electron chi connectivity index (χ0n) is 9.14. The highest BCUT2D eigenvalue weighted by Gasteiger charge is 2.12. The molecule has 1 heterocycles. The van der Waals surface area contributed by atoms with Crippen molar-refractivity contribution >= 4 is 23.2 Å². The second kappa shape index (κ2) is 5.00. The first kappa shape index (κ1) is 12.3. The Hall–Kier alpha value is -1.17. The molecule has 1 aromatic carbocycles. The topological polar surface area (TPSA) is 69.6 Å². The Balaban J connectivity index is 2.14. The van der Waals surface area contributed by atoms with Crippen LogP contribution in [0.15, 0.2) is 18.2 Å². The molecule has 0 saturated carbocycles. The molecule has 7 heteroatoms. The highest BCUT2D eigenvalue weighted by atomic mass is 35.5. The molecule has 0 aliphatic rings. The lowest BCUT2D eigenvalue weighted by Crippen LogP contribution is -2.14. The van der Waals surface area contributed by atoms with Gasteiger partial charge in [0.2, 0.25) is 0 Å². The molecule has 0 saturated heterocycles. The first-order valence-electron chi connectivity index (χ1n) is 4.99. The van der Waals surface area contributed by atoms with Gasteiger partial charge in [-0.3, -0.25) is 0 Å². The molecule has 0 spiro atoms. The zero-order valence-corrected chi connectivity index (χ0v) is 10.7. The third-order valence-corrected chi connectivity index (χ3v) is 3.06. The molecule has 2 rings (SSSR count). The van der Waals surface area contributed by atoms with Crippen LogP contribution in [0.2, 0.25) is 10.0 Å². The van der Waals surface area contributed by atoms with Crippen LogP contribution in [-0.2, 0) is 13.5 Å². The molecule has 0 aliphatic carbocycles. The Kier molecular flexibility index (Phi) is 3.61. The van der Waals surface area contributed by atoms with E-state index in [1.807, 2.05) is 6.07 Å². The van der Waals surface area contributed by atoms with Crippen molar-refractivity contribution in [2.24, 2.45) is 12.8 Å². The van der Waals surface area contributed by atoms with Gasteiger partial charge in [0, 0.05) is 12.5 Å². The van der Waals surface area contributed by atoms with Crippen LogP contribution in [0, 0.1) is 0 Å². The Morgan fingerprint density at radius 2 is 2.12 bits per heavy atom. The van der Waals surface area contributed by atoms with Crippen molar-refractivity contribution in [1.82, 2.24) is 20.2 Å². The second-order valence-corrected chi connectivity index (χ2v) is 4.49. The Morgan fingerprint density at radius 3 is 2.71 bits per heavy atom. The molecule has 90 valence electrons. The van der Waals surface area contributed by atoms with E-state index in [4.69, 9.17) is 28.9 Å². The maximum Gasteiger partial charge on any atom is 0.176 e. The molecular weight excluding hydrogens is 261 g/mol. The lowest BCUT2D eigenvalue weighted by Gasteiger charge is -2.10. The number of hydrogen-bond donors (Lipinski definition) is 1. The molecule has 2 N–H and O–H groups in total. The van der Waals surface area contributed by atoms with Gasteiger partial charge in [0.15, 0.2) is 5.82 Å². The molecule has 0 aliphatic heterocycles. The van der Waals surface area contributed by atoms with Crippen molar-refractivity contribution in [2.45, 2.75) is 12.5 Å². The summed E-state index contributed by atoms with van der Waals surface area (Å²) in [6.07, 6.45) is 0.506. The minimum absolute atomic E-state index is 0.228. The number of benzene rings is 1. The number of halogens is 2. The molecule has 1 unspecified atom stereocenters. The smallest absolute Gasteiger partial charge is 0.176 e. The summed E-state index contributed by atoms with van der Waals surface area (Å²) in [7, 11) is 1.71. The van der Waals surface area contributed by atoms with Gasteiger partial charge in [-0.05, 0) is 22.9 Å². The Bertz CT molecular complexity index is 525. The molecule has 1 atom stereocenters. The maximum atomic E-state index is 6.04. The number of nitrogens with zero attached hydrogens (tertiary/aromatic N) is 4. The predicted octanol–water partition coefficient (Wildman–Crippen LogP) is 1.76. The summed E-state index contributed by atoms with van der Waals surface area (Å²) in [6, 6.07) is 5.09. The number of nitrogens with two attached hydrogens (primary N) is 1. The Labute approximate surface area is 109 Å². The van der Waals surface area contributed by atoms with Gasteiger partial charge in [-0.15, -0.1) is 10.2 Å². The molecule has 0 amide bonds. The number of hydrogen-bond acceptors (Lipinski definition) is 4. The van der Waals surface area contributed by atoms with Gasteiger partial charge in [-0.1, -0.05) is 29.3 Å². The Morgan fingerprint density at radius 1 is 1.35 bits per heavy atom. The molecule has 17 heavy (non-hydrogen) atoms. The van der Waals surface area contributed by atoms with Crippen LogP contribution >= 0.6 is 23.2 Å². The van der Waals surface area contributed by atoms with Gasteiger partial charge >= 0.3 is 0 Å². The van der Waals surface area contributed by atoms with Gasteiger partial charge in [0.05, 0.1) is 17.1 Å². The van der Waals surface area contributed by atoms with E-state index in [2.05, 4.69) is 15.4 Å². The third-order valence-electron chi connectivity index (χ3n) is 2.32. The number of rotatable bonds is 3. The van der Waals surface area contributed by atoms with Crippen molar-refractivity contribution < 1.29 is 0 Å². The number of aryl methyl sites for hydroxylation is 1. The summed E-state index contributed by atoms with van der Waals surface area (Å²) in [5.74, 6) is 0.603. The standard InChI is InChI=1S/C10H11Cl2N5/c1-17-15-10(14-16-17)5-9(13)6-2-3-7(11)8(12)4-6/h2-4,9H,5,13H2,1H3. The van der Waals surface area contributed by atoms with E-state index < -0.39 is 0 Å². The van der Waals surface area contributed by atoms with Crippen molar-refractivity contribution in [3.8, 4) is 0 Å². The van der Waals surface area contributed by atoms with Crippen LogP contribution in [0.5, 0.6) is 0 Å². The number of tetrazole rings is 1. The van der Waals surface area contributed by atoms with Crippen molar-refractivity contribution in [2.75, 3.05) is 0 Å². The number of aromatic nitrogens is 4. The average molecular weight is 272 g/mol. The van der Waals surface area contributed by atoms with Crippen LogP contribution in [0.25, 0.3) is 0 Å². The third kappa shape index (κ3) is 2.94. The zero-order chi connectivity index (χ0) is 12.4. The normalized spacial score (nSPS) is 12.7. The van der Waals surface area contributed by atoms with Crippen molar-refractivity contribution in [1.29, 1.82) is 0 Å².